The molecule has 0 saturated heterocycles. The highest BCUT2D eigenvalue weighted by molar-refractivity contribution is 8.14. The summed E-state index contributed by atoms with van der Waals surface area (Å²) in [5.74, 6) is -0.266. The van der Waals surface area contributed by atoms with Crippen molar-refractivity contribution in [1.29, 1.82) is 0 Å². The van der Waals surface area contributed by atoms with Crippen molar-refractivity contribution in [3.63, 3.8) is 0 Å². The lowest BCUT2D eigenvalue weighted by atomic mass is 10.1. The van der Waals surface area contributed by atoms with Gasteiger partial charge in [0.1, 0.15) is 5.60 Å². The van der Waals surface area contributed by atoms with Gasteiger partial charge >= 0.3 is 6.09 Å². The lowest BCUT2D eigenvalue weighted by Crippen LogP contribution is -2.49. The highest BCUT2D eigenvalue weighted by atomic mass is 32.2. The molecule has 0 saturated carbocycles. The number of amidine groups is 1. The van der Waals surface area contributed by atoms with E-state index in [0.29, 0.717) is 0 Å². The topological polar surface area (TPSA) is 97.0 Å². The van der Waals surface area contributed by atoms with E-state index in [1.54, 1.807) is 20.8 Å². The molecule has 0 aromatic heterocycles. The van der Waals surface area contributed by atoms with Gasteiger partial charge in [-0.1, -0.05) is 30.3 Å². The molecule has 2 rings (SSSR count). The van der Waals surface area contributed by atoms with E-state index in [1.807, 2.05) is 30.3 Å². The molecule has 1 aliphatic rings. The highest BCUT2D eigenvalue weighted by Gasteiger charge is 2.47. The molecule has 1 aliphatic heterocycles. The quantitative estimate of drug-likeness (QED) is 0.871. The van der Waals surface area contributed by atoms with Crippen molar-refractivity contribution in [2.24, 2.45) is 10.8 Å². The van der Waals surface area contributed by atoms with Crippen LogP contribution < -0.4 is 11.1 Å². The van der Waals surface area contributed by atoms with E-state index in [-0.39, 0.29) is 17.6 Å². The molecule has 1 unspecified atom stereocenters. The molecule has 3 N–H and O–H groups in total. The van der Waals surface area contributed by atoms with Gasteiger partial charge in [0.25, 0.3) is 0 Å². The van der Waals surface area contributed by atoms with E-state index in [2.05, 4.69) is 10.4 Å². The van der Waals surface area contributed by atoms with Crippen molar-refractivity contribution < 1.29 is 14.3 Å². The maximum absolute atomic E-state index is 12.1. The van der Waals surface area contributed by atoms with Gasteiger partial charge in [-0.25, -0.2) is 9.80 Å². The first kappa shape index (κ1) is 18.1. The average Bonchev–Trinajstić information content (AvgIpc) is 2.83. The van der Waals surface area contributed by atoms with Crippen molar-refractivity contribution in [2.75, 3.05) is 6.54 Å². The third-order valence-electron chi connectivity index (χ3n) is 3.21. The number of alkyl carbamates (subject to hydrolysis) is 1. The third-order valence-corrected chi connectivity index (χ3v) is 4.39. The van der Waals surface area contributed by atoms with Crippen molar-refractivity contribution in [3.05, 3.63) is 35.9 Å². The number of nitrogens with two attached hydrogens (primary N) is 1. The second-order valence-electron chi connectivity index (χ2n) is 6.38. The number of amides is 2. The predicted molar refractivity (Wildman–Crippen MR) is 94.1 cm³/mol. The van der Waals surface area contributed by atoms with Crippen LogP contribution in [0.25, 0.3) is 0 Å². The van der Waals surface area contributed by atoms with Crippen LogP contribution in [0.1, 0.15) is 33.3 Å². The van der Waals surface area contributed by atoms with Gasteiger partial charge in [-0.3, -0.25) is 4.79 Å². The zero-order valence-corrected chi connectivity index (χ0v) is 15.0. The summed E-state index contributed by atoms with van der Waals surface area (Å²) in [6, 6.07) is 9.33. The fourth-order valence-electron chi connectivity index (χ4n) is 2.34. The molecule has 1 heterocycles. The molecule has 7 nitrogen and oxygen atoms in total. The van der Waals surface area contributed by atoms with Crippen LogP contribution >= 0.6 is 11.8 Å². The summed E-state index contributed by atoms with van der Waals surface area (Å²) in [6.45, 7) is 6.88. The van der Waals surface area contributed by atoms with Crippen molar-refractivity contribution in [2.45, 2.75) is 38.2 Å². The first-order valence-electron chi connectivity index (χ1n) is 7.50. The van der Waals surface area contributed by atoms with Gasteiger partial charge in [-0.2, -0.15) is 0 Å². The number of thioether (sulfide) groups is 1. The normalized spacial score (nSPS) is 20.5. The highest BCUT2D eigenvalue weighted by Crippen LogP contribution is 2.44. The molecule has 2 amide bonds. The van der Waals surface area contributed by atoms with Gasteiger partial charge in [-0.05, 0) is 38.1 Å². The number of hydrogen-bond acceptors (Lipinski definition) is 6. The Hall–Kier alpha value is -2.22. The summed E-state index contributed by atoms with van der Waals surface area (Å²) in [7, 11) is 0. The second-order valence-corrected chi connectivity index (χ2v) is 7.67. The van der Waals surface area contributed by atoms with Crippen LogP contribution in [-0.2, 0) is 14.4 Å². The number of benzene rings is 1. The number of nitrogens with one attached hydrogen (secondary N) is 1. The zero-order valence-electron chi connectivity index (χ0n) is 14.2. The molecule has 130 valence electrons. The molecule has 1 aromatic rings. The van der Waals surface area contributed by atoms with Gasteiger partial charge in [-0.15, -0.1) is 5.10 Å². The van der Waals surface area contributed by atoms with Gasteiger partial charge < -0.3 is 15.8 Å². The Morgan fingerprint density at radius 2 is 1.96 bits per heavy atom. The van der Waals surface area contributed by atoms with Crippen LogP contribution in [0, 0.1) is 0 Å². The first-order valence-corrected chi connectivity index (χ1v) is 8.32. The van der Waals surface area contributed by atoms with Crippen LogP contribution in [0.3, 0.4) is 0 Å². The number of ether oxygens (including phenoxy) is 1. The minimum Gasteiger partial charge on any atom is -0.444 e. The summed E-state index contributed by atoms with van der Waals surface area (Å²) < 4.78 is 5.27. The fourth-order valence-corrected chi connectivity index (χ4v) is 3.46. The standard InChI is InChI=1S/C16H22N4O3S/c1-11(21)20-16(24-13(17)19-20,12-8-6-5-7-9-12)10-18-14(22)23-15(2,3)4/h5-9H,10H2,1-4H3,(H2,17,19)(H,18,22). The molecule has 24 heavy (non-hydrogen) atoms. The number of carbonyl (C=O) groups excluding carboxylic acids is 2. The molecular formula is C16H22N4O3S. The van der Waals surface area contributed by atoms with Crippen LogP contribution in [0.5, 0.6) is 0 Å². The zero-order chi connectivity index (χ0) is 18.0. The van der Waals surface area contributed by atoms with Gasteiger partial charge in [0, 0.05) is 6.92 Å². The molecule has 1 aromatic carbocycles. The van der Waals surface area contributed by atoms with Gasteiger partial charge in [0.05, 0.1) is 6.54 Å². The summed E-state index contributed by atoms with van der Waals surface area (Å²) in [5.41, 5.74) is 6.06. The molecule has 0 radical (unpaired) electrons. The van der Waals surface area contributed by atoms with E-state index in [4.69, 9.17) is 10.5 Å². The van der Waals surface area contributed by atoms with Gasteiger partial charge in [0.2, 0.25) is 5.91 Å². The van der Waals surface area contributed by atoms with E-state index >= 15 is 0 Å². The van der Waals surface area contributed by atoms with Crippen molar-refractivity contribution in [3.8, 4) is 0 Å². The van der Waals surface area contributed by atoms with Crippen LogP contribution in [-0.4, -0.2) is 34.3 Å². The minimum atomic E-state index is -0.936. The summed E-state index contributed by atoms with van der Waals surface area (Å²) in [4.78, 5) is 23.2. The number of hydrazone groups is 1. The van der Waals surface area contributed by atoms with E-state index in [9.17, 15) is 9.59 Å². The van der Waals surface area contributed by atoms with Crippen molar-refractivity contribution in [1.82, 2.24) is 10.3 Å². The Balaban J connectivity index is 2.29. The Kier molecular flexibility index (Phi) is 5.08. The van der Waals surface area contributed by atoms with Gasteiger partial charge in [0.15, 0.2) is 10.0 Å². The third kappa shape index (κ3) is 4.00. The SMILES string of the molecule is CC(=O)N1N=C(N)SC1(CNC(=O)OC(C)(C)C)c1ccccc1. The molecule has 0 fully saturated rings. The predicted octanol–water partition coefficient (Wildman–Crippen LogP) is 2.19. The summed E-state index contributed by atoms with van der Waals surface area (Å²) in [5, 5.41) is 8.41. The van der Waals surface area contributed by atoms with Crippen LogP contribution in [0.4, 0.5) is 4.79 Å². The Labute approximate surface area is 145 Å². The summed E-state index contributed by atoms with van der Waals surface area (Å²) >= 11 is 1.23. The fraction of sp³-hybridized carbons (Fsp3) is 0.438. The largest absolute Gasteiger partial charge is 0.444 e. The maximum Gasteiger partial charge on any atom is 0.407 e. The van der Waals surface area contributed by atoms with Crippen LogP contribution in [0.15, 0.2) is 35.4 Å². The lowest BCUT2D eigenvalue weighted by Gasteiger charge is -2.35. The Bertz CT molecular complexity index is 657. The second kappa shape index (κ2) is 6.72. The Morgan fingerprint density at radius 3 is 2.50 bits per heavy atom. The number of rotatable bonds is 3. The molecule has 0 spiro atoms. The van der Waals surface area contributed by atoms with Crippen molar-refractivity contribution >= 4 is 28.9 Å². The maximum atomic E-state index is 12.1. The Morgan fingerprint density at radius 1 is 1.33 bits per heavy atom. The smallest absolute Gasteiger partial charge is 0.407 e. The molecule has 0 bridgehead atoms. The monoisotopic (exact) mass is 350 g/mol. The molecule has 8 heteroatoms. The van der Waals surface area contributed by atoms with E-state index < -0.39 is 16.6 Å². The number of carbonyl (C=O) groups is 2. The minimum absolute atomic E-state index is 0.111. The summed E-state index contributed by atoms with van der Waals surface area (Å²) in [6.07, 6.45) is -0.563. The lowest BCUT2D eigenvalue weighted by molar-refractivity contribution is -0.132. The number of hydrogen-bond donors (Lipinski definition) is 2. The average molecular weight is 350 g/mol. The first-order chi connectivity index (χ1) is 11.1. The molecule has 0 aliphatic carbocycles. The molecule has 1 atom stereocenters. The van der Waals surface area contributed by atoms with E-state index in [0.717, 1.165) is 5.56 Å². The van der Waals surface area contributed by atoms with Crippen LogP contribution in [0.2, 0.25) is 0 Å². The molecular weight excluding hydrogens is 328 g/mol. The van der Waals surface area contributed by atoms with E-state index in [1.165, 1.54) is 23.7 Å². The number of nitrogens with zero attached hydrogens (tertiary/aromatic N) is 2.